The van der Waals surface area contributed by atoms with Gasteiger partial charge in [-0.25, -0.2) is 4.99 Å². The SMILES string of the molecule is C=NC(=O)CCc1ccccc1. The van der Waals surface area contributed by atoms with Crippen molar-refractivity contribution in [2.45, 2.75) is 12.8 Å². The van der Waals surface area contributed by atoms with Gasteiger partial charge in [0.2, 0.25) is 5.91 Å². The van der Waals surface area contributed by atoms with E-state index in [4.69, 9.17) is 0 Å². The van der Waals surface area contributed by atoms with Crippen molar-refractivity contribution in [3.05, 3.63) is 35.9 Å². The van der Waals surface area contributed by atoms with Gasteiger partial charge in [-0.05, 0) is 18.7 Å². The molecule has 1 aromatic rings. The maximum Gasteiger partial charge on any atom is 0.245 e. The lowest BCUT2D eigenvalue weighted by atomic mass is 10.1. The molecule has 0 aliphatic rings. The summed E-state index contributed by atoms with van der Waals surface area (Å²) in [5, 5.41) is 0. The number of carbonyl (C=O) groups excluding carboxylic acids is 1. The first-order valence-electron chi connectivity index (χ1n) is 3.86. The fourth-order valence-corrected chi connectivity index (χ4v) is 0.975. The minimum absolute atomic E-state index is 0.140. The van der Waals surface area contributed by atoms with E-state index in [1.807, 2.05) is 30.3 Å². The third-order valence-corrected chi connectivity index (χ3v) is 1.65. The highest BCUT2D eigenvalue weighted by Crippen LogP contribution is 2.02. The fourth-order valence-electron chi connectivity index (χ4n) is 0.975. The Morgan fingerprint density at radius 1 is 1.33 bits per heavy atom. The van der Waals surface area contributed by atoms with Crippen molar-refractivity contribution < 1.29 is 4.79 Å². The van der Waals surface area contributed by atoms with E-state index in [-0.39, 0.29) is 5.91 Å². The lowest BCUT2D eigenvalue weighted by molar-refractivity contribution is -0.117. The zero-order valence-corrected chi connectivity index (χ0v) is 6.86. The molecule has 0 aliphatic heterocycles. The molecule has 12 heavy (non-hydrogen) atoms. The first kappa shape index (κ1) is 8.65. The van der Waals surface area contributed by atoms with Crippen LogP contribution in [0.5, 0.6) is 0 Å². The van der Waals surface area contributed by atoms with E-state index in [2.05, 4.69) is 11.7 Å². The average Bonchev–Trinajstić information content (AvgIpc) is 2.16. The van der Waals surface area contributed by atoms with E-state index in [0.29, 0.717) is 6.42 Å². The van der Waals surface area contributed by atoms with Crippen LogP contribution in [-0.4, -0.2) is 12.6 Å². The molecule has 1 amide bonds. The Morgan fingerprint density at radius 2 is 2.00 bits per heavy atom. The molecule has 0 saturated carbocycles. The summed E-state index contributed by atoms with van der Waals surface area (Å²) in [6.45, 7) is 3.17. The van der Waals surface area contributed by atoms with Crippen molar-refractivity contribution in [1.82, 2.24) is 0 Å². The summed E-state index contributed by atoms with van der Waals surface area (Å²) in [6.07, 6.45) is 1.20. The smallest absolute Gasteiger partial charge is 0.245 e. The minimum atomic E-state index is -0.140. The Kier molecular flexibility index (Phi) is 3.20. The largest absolute Gasteiger partial charge is 0.273 e. The lowest BCUT2D eigenvalue weighted by Crippen LogP contribution is -1.94. The van der Waals surface area contributed by atoms with Crippen molar-refractivity contribution in [3.8, 4) is 0 Å². The van der Waals surface area contributed by atoms with Crippen molar-refractivity contribution in [3.63, 3.8) is 0 Å². The molecule has 0 bridgehead atoms. The van der Waals surface area contributed by atoms with E-state index in [1.165, 1.54) is 0 Å². The molecule has 2 nitrogen and oxygen atoms in total. The van der Waals surface area contributed by atoms with Gasteiger partial charge >= 0.3 is 0 Å². The lowest BCUT2D eigenvalue weighted by Gasteiger charge is -1.96. The summed E-state index contributed by atoms with van der Waals surface area (Å²) in [5.74, 6) is -0.140. The molecule has 0 saturated heterocycles. The van der Waals surface area contributed by atoms with Crippen molar-refractivity contribution in [1.29, 1.82) is 0 Å². The van der Waals surface area contributed by atoms with Crippen LogP contribution in [0.4, 0.5) is 0 Å². The second kappa shape index (κ2) is 4.44. The number of amides is 1. The van der Waals surface area contributed by atoms with Gasteiger partial charge in [0.15, 0.2) is 0 Å². The summed E-state index contributed by atoms with van der Waals surface area (Å²) < 4.78 is 0. The van der Waals surface area contributed by atoms with E-state index in [9.17, 15) is 4.79 Å². The van der Waals surface area contributed by atoms with Crippen LogP contribution in [0.3, 0.4) is 0 Å². The van der Waals surface area contributed by atoms with E-state index < -0.39 is 0 Å². The number of aliphatic imine (C=N–C) groups is 1. The molecule has 0 aromatic heterocycles. The number of rotatable bonds is 3. The number of hydrogen-bond donors (Lipinski definition) is 0. The maximum atomic E-state index is 10.8. The molecular formula is C10H11NO. The predicted octanol–water partition coefficient (Wildman–Crippen LogP) is 1.85. The van der Waals surface area contributed by atoms with E-state index in [0.717, 1.165) is 12.0 Å². The molecule has 0 unspecified atom stereocenters. The molecule has 1 rings (SSSR count). The number of nitrogens with zero attached hydrogens (tertiary/aromatic N) is 1. The van der Waals surface area contributed by atoms with Crippen LogP contribution >= 0.6 is 0 Å². The summed E-state index contributed by atoms with van der Waals surface area (Å²) in [7, 11) is 0. The summed E-state index contributed by atoms with van der Waals surface area (Å²) in [5.41, 5.74) is 1.16. The topological polar surface area (TPSA) is 29.4 Å². The Labute approximate surface area is 71.9 Å². The van der Waals surface area contributed by atoms with Crippen LogP contribution in [0, 0.1) is 0 Å². The van der Waals surface area contributed by atoms with Crippen LogP contribution in [0.1, 0.15) is 12.0 Å². The number of aryl methyl sites for hydroxylation is 1. The third kappa shape index (κ3) is 2.66. The quantitative estimate of drug-likeness (QED) is 0.622. The van der Waals surface area contributed by atoms with Gasteiger partial charge in [0.1, 0.15) is 0 Å². The van der Waals surface area contributed by atoms with Gasteiger partial charge < -0.3 is 0 Å². The Morgan fingerprint density at radius 3 is 2.58 bits per heavy atom. The molecule has 0 atom stereocenters. The maximum absolute atomic E-state index is 10.8. The number of carbonyl (C=O) groups is 1. The second-order valence-electron chi connectivity index (χ2n) is 2.54. The molecule has 0 N–H and O–H groups in total. The molecule has 0 spiro atoms. The van der Waals surface area contributed by atoms with Crippen LogP contribution in [0.15, 0.2) is 35.3 Å². The highest BCUT2D eigenvalue weighted by Gasteiger charge is 1.97. The Balaban J connectivity index is 2.43. The monoisotopic (exact) mass is 161 g/mol. The van der Waals surface area contributed by atoms with Crippen LogP contribution in [0.25, 0.3) is 0 Å². The standard InChI is InChI=1S/C10H11NO/c1-11-10(12)8-7-9-5-3-2-4-6-9/h2-6H,1,7-8H2. The normalized spacial score (nSPS) is 9.33. The zero-order chi connectivity index (χ0) is 8.81. The molecule has 1 aromatic carbocycles. The number of hydrogen-bond acceptors (Lipinski definition) is 1. The average molecular weight is 161 g/mol. The number of benzene rings is 1. The molecule has 62 valence electrons. The van der Waals surface area contributed by atoms with Gasteiger partial charge in [0, 0.05) is 6.42 Å². The highest BCUT2D eigenvalue weighted by molar-refractivity contribution is 5.80. The fraction of sp³-hybridized carbons (Fsp3) is 0.200. The third-order valence-electron chi connectivity index (χ3n) is 1.65. The highest BCUT2D eigenvalue weighted by atomic mass is 16.1. The predicted molar refractivity (Wildman–Crippen MR) is 49.3 cm³/mol. The molecular weight excluding hydrogens is 150 g/mol. The first-order valence-corrected chi connectivity index (χ1v) is 3.86. The van der Waals surface area contributed by atoms with Crippen LogP contribution in [0.2, 0.25) is 0 Å². The summed E-state index contributed by atoms with van der Waals surface area (Å²) in [4.78, 5) is 14.1. The van der Waals surface area contributed by atoms with Gasteiger partial charge in [-0.15, -0.1) is 0 Å². The van der Waals surface area contributed by atoms with Crippen LogP contribution in [-0.2, 0) is 11.2 Å². The van der Waals surface area contributed by atoms with Crippen molar-refractivity contribution >= 4 is 12.6 Å². The zero-order valence-electron chi connectivity index (χ0n) is 6.86. The molecule has 0 heterocycles. The van der Waals surface area contributed by atoms with Gasteiger partial charge in [0.25, 0.3) is 0 Å². The van der Waals surface area contributed by atoms with Crippen LogP contribution < -0.4 is 0 Å². The van der Waals surface area contributed by atoms with Gasteiger partial charge in [-0.1, -0.05) is 30.3 Å². The van der Waals surface area contributed by atoms with Gasteiger partial charge in [-0.3, -0.25) is 4.79 Å². The second-order valence-corrected chi connectivity index (χ2v) is 2.54. The minimum Gasteiger partial charge on any atom is -0.273 e. The molecule has 2 heteroatoms. The van der Waals surface area contributed by atoms with Gasteiger partial charge in [0.05, 0.1) is 0 Å². The molecule has 0 aliphatic carbocycles. The molecule has 0 fully saturated rings. The first-order chi connectivity index (χ1) is 5.83. The van der Waals surface area contributed by atoms with E-state index in [1.54, 1.807) is 0 Å². The Hall–Kier alpha value is -1.44. The molecule has 0 radical (unpaired) electrons. The van der Waals surface area contributed by atoms with Crippen molar-refractivity contribution in [2.24, 2.45) is 4.99 Å². The summed E-state index contributed by atoms with van der Waals surface area (Å²) in [6, 6.07) is 9.87. The summed E-state index contributed by atoms with van der Waals surface area (Å²) >= 11 is 0. The van der Waals surface area contributed by atoms with Gasteiger partial charge in [-0.2, -0.15) is 0 Å². The Bertz CT molecular complexity index is 266. The van der Waals surface area contributed by atoms with Crippen molar-refractivity contribution in [2.75, 3.05) is 0 Å². The van der Waals surface area contributed by atoms with E-state index >= 15 is 0 Å².